The second-order valence-electron chi connectivity index (χ2n) is 4.41. The Morgan fingerprint density at radius 2 is 1.95 bits per heavy atom. The first-order valence-corrected chi connectivity index (χ1v) is 7.42. The van der Waals surface area contributed by atoms with Gasteiger partial charge < -0.3 is 9.84 Å². The Morgan fingerprint density at radius 3 is 2.67 bits per heavy atom. The summed E-state index contributed by atoms with van der Waals surface area (Å²) in [6.07, 6.45) is 1.58. The molecule has 0 bridgehead atoms. The summed E-state index contributed by atoms with van der Waals surface area (Å²) in [5.74, 6) is 0.314. The van der Waals surface area contributed by atoms with Gasteiger partial charge in [-0.2, -0.15) is 0 Å². The SMILES string of the molecule is O=C1C(=Cc2ccc(O)c(Br)c2)Oc2c(Cl)cc(Cl)cc21. The van der Waals surface area contributed by atoms with E-state index in [1.807, 2.05) is 0 Å². The molecule has 21 heavy (non-hydrogen) atoms. The number of Topliss-reactive ketones (excluding diaryl/α,β-unsaturated/α-hetero) is 1. The highest BCUT2D eigenvalue weighted by Crippen LogP contribution is 2.40. The summed E-state index contributed by atoms with van der Waals surface area (Å²) in [5, 5.41) is 10.1. The molecule has 1 heterocycles. The maximum atomic E-state index is 12.3. The minimum Gasteiger partial charge on any atom is -0.507 e. The molecule has 3 nitrogen and oxygen atoms in total. The summed E-state index contributed by atoms with van der Waals surface area (Å²) in [4.78, 5) is 12.3. The average Bonchev–Trinajstić information content (AvgIpc) is 2.72. The maximum Gasteiger partial charge on any atom is 0.232 e. The van der Waals surface area contributed by atoms with Gasteiger partial charge in [0.15, 0.2) is 11.5 Å². The van der Waals surface area contributed by atoms with E-state index in [-0.39, 0.29) is 17.3 Å². The molecule has 0 unspecified atom stereocenters. The molecule has 0 radical (unpaired) electrons. The van der Waals surface area contributed by atoms with E-state index in [0.29, 0.717) is 31.4 Å². The van der Waals surface area contributed by atoms with Gasteiger partial charge in [-0.05, 0) is 51.8 Å². The number of ketones is 1. The number of halogens is 3. The predicted octanol–water partition coefficient (Wildman–Crippen LogP) is 5.08. The Hall–Kier alpha value is -1.49. The molecule has 0 spiro atoms. The fraction of sp³-hybridized carbons (Fsp3) is 0. The molecule has 0 saturated heterocycles. The smallest absolute Gasteiger partial charge is 0.232 e. The summed E-state index contributed by atoms with van der Waals surface area (Å²) >= 11 is 15.1. The quantitative estimate of drug-likeness (QED) is 0.696. The third-order valence-electron chi connectivity index (χ3n) is 2.96. The number of carbonyl (C=O) groups is 1. The van der Waals surface area contributed by atoms with E-state index in [4.69, 9.17) is 27.9 Å². The molecule has 3 rings (SSSR count). The molecule has 0 atom stereocenters. The number of benzene rings is 2. The number of fused-ring (bicyclic) bond motifs is 1. The number of hydrogen-bond acceptors (Lipinski definition) is 3. The van der Waals surface area contributed by atoms with Gasteiger partial charge in [0.05, 0.1) is 15.1 Å². The first kappa shape index (κ1) is 14.4. The van der Waals surface area contributed by atoms with E-state index in [9.17, 15) is 9.90 Å². The Bertz CT molecular complexity index is 800. The van der Waals surface area contributed by atoms with Crippen molar-refractivity contribution in [3.8, 4) is 11.5 Å². The number of rotatable bonds is 1. The van der Waals surface area contributed by atoms with Crippen molar-refractivity contribution in [2.75, 3.05) is 0 Å². The zero-order chi connectivity index (χ0) is 15.1. The zero-order valence-electron chi connectivity index (χ0n) is 10.4. The molecule has 0 aliphatic carbocycles. The van der Waals surface area contributed by atoms with Crippen molar-refractivity contribution in [3.63, 3.8) is 0 Å². The van der Waals surface area contributed by atoms with Gasteiger partial charge in [0.25, 0.3) is 0 Å². The third-order valence-corrected chi connectivity index (χ3v) is 4.09. The topological polar surface area (TPSA) is 46.5 Å². The largest absolute Gasteiger partial charge is 0.507 e. The molecule has 1 aliphatic heterocycles. The van der Waals surface area contributed by atoms with Crippen molar-refractivity contribution in [3.05, 3.63) is 61.7 Å². The highest BCUT2D eigenvalue weighted by atomic mass is 79.9. The van der Waals surface area contributed by atoms with Crippen LogP contribution in [0, 0.1) is 0 Å². The van der Waals surface area contributed by atoms with Crippen LogP contribution in [0.5, 0.6) is 11.5 Å². The minimum atomic E-state index is -0.279. The van der Waals surface area contributed by atoms with E-state index >= 15 is 0 Å². The summed E-state index contributed by atoms with van der Waals surface area (Å²) in [6, 6.07) is 7.92. The molecular weight excluding hydrogens is 379 g/mol. The van der Waals surface area contributed by atoms with Gasteiger partial charge in [0, 0.05) is 5.02 Å². The van der Waals surface area contributed by atoms with E-state index < -0.39 is 0 Å². The van der Waals surface area contributed by atoms with Gasteiger partial charge in [0.2, 0.25) is 5.78 Å². The maximum absolute atomic E-state index is 12.3. The molecule has 1 aliphatic rings. The number of ether oxygens (including phenoxy) is 1. The van der Waals surface area contributed by atoms with Crippen LogP contribution in [0.15, 0.2) is 40.6 Å². The summed E-state index contributed by atoms with van der Waals surface area (Å²) in [6.45, 7) is 0. The van der Waals surface area contributed by atoms with E-state index in [1.165, 1.54) is 18.2 Å². The van der Waals surface area contributed by atoms with Crippen LogP contribution in [0.3, 0.4) is 0 Å². The first-order chi connectivity index (χ1) is 9.95. The molecule has 2 aromatic carbocycles. The van der Waals surface area contributed by atoms with Crippen LogP contribution in [0.1, 0.15) is 15.9 Å². The number of aromatic hydroxyl groups is 1. The summed E-state index contributed by atoms with van der Waals surface area (Å²) in [7, 11) is 0. The van der Waals surface area contributed by atoms with E-state index in [0.717, 1.165) is 0 Å². The molecule has 0 aromatic heterocycles. The minimum absolute atomic E-state index is 0.119. The number of carbonyl (C=O) groups excluding carboxylic acids is 1. The molecule has 0 amide bonds. The van der Waals surface area contributed by atoms with Gasteiger partial charge in [-0.15, -0.1) is 0 Å². The number of phenols is 1. The number of allylic oxidation sites excluding steroid dienone is 1. The molecular formula is C15H7BrCl2O3. The van der Waals surface area contributed by atoms with Crippen molar-refractivity contribution in [1.82, 2.24) is 0 Å². The first-order valence-electron chi connectivity index (χ1n) is 5.87. The highest BCUT2D eigenvalue weighted by Gasteiger charge is 2.30. The second-order valence-corrected chi connectivity index (χ2v) is 6.11. The number of hydrogen-bond donors (Lipinski definition) is 1. The molecule has 2 aromatic rings. The van der Waals surface area contributed by atoms with Crippen molar-refractivity contribution in [1.29, 1.82) is 0 Å². The lowest BCUT2D eigenvalue weighted by Crippen LogP contribution is -1.98. The van der Waals surface area contributed by atoms with Crippen LogP contribution < -0.4 is 4.74 Å². The third kappa shape index (κ3) is 2.67. The van der Waals surface area contributed by atoms with Crippen molar-refractivity contribution >= 4 is 51.0 Å². The second kappa shape index (κ2) is 5.37. The van der Waals surface area contributed by atoms with Crippen molar-refractivity contribution < 1.29 is 14.6 Å². The van der Waals surface area contributed by atoms with Gasteiger partial charge in [0.1, 0.15) is 5.75 Å². The standard InChI is InChI=1S/C15H7BrCl2O3/c16-10-3-7(1-2-12(10)19)4-13-14(20)9-5-8(17)6-11(18)15(9)21-13/h1-6,19H. The zero-order valence-corrected chi connectivity index (χ0v) is 13.5. The number of phenolic OH excluding ortho intramolecular Hbond substituents is 1. The lowest BCUT2D eigenvalue weighted by atomic mass is 10.1. The molecule has 0 saturated carbocycles. The Morgan fingerprint density at radius 1 is 1.19 bits per heavy atom. The Balaban J connectivity index is 2.03. The fourth-order valence-corrected chi connectivity index (χ4v) is 2.91. The van der Waals surface area contributed by atoms with Gasteiger partial charge in [-0.3, -0.25) is 4.79 Å². The van der Waals surface area contributed by atoms with Crippen molar-refractivity contribution in [2.45, 2.75) is 0 Å². The molecule has 6 heteroatoms. The van der Waals surface area contributed by atoms with Crippen LogP contribution >= 0.6 is 39.1 Å². The van der Waals surface area contributed by atoms with Gasteiger partial charge >= 0.3 is 0 Å². The van der Waals surface area contributed by atoms with Gasteiger partial charge in [-0.25, -0.2) is 0 Å². The molecule has 0 fully saturated rings. The summed E-state index contributed by atoms with van der Waals surface area (Å²) < 4.78 is 6.05. The lowest BCUT2D eigenvalue weighted by Gasteiger charge is -2.02. The predicted molar refractivity (Wildman–Crippen MR) is 85.2 cm³/mol. The van der Waals surface area contributed by atoms with Crippen LogP contribution in [0.2, 0.25) is 10.0 Å². The summed E-state index contributed by atoms with van der Waals surface area (Å²) in [5.41, 5.74) is 1.05. The van der Waals surface area contributed by atoms with Crippen LogP contribution in [-0.2, 0) is 0 Å². The normalized spacial score (nSPS) is 15.2. The van der Waals surface area contributed by atoms with E-state index in [1.54, 1.807) is 18.2 Å². The fourth-order valence-electron chi connectivity index (χ4n) is 1.98. The van der Waals surface area contributed by atoms with E-state index in [2.05, 4.69) is 15.9 Å². The highest BCUT2D eigenvalue weighted by molar-refractivity contribution is 9.10. The monoisotopic (exact) mass is 384 g/mol. The molecule has 106 valence electrons. The van der Waals surface area contributed by atoms with Crippen LogP contribution in [0.25, 0.3) is 6.08 Å². The van der Waals surface area contributed by atoms with Gasteiger partial charge in [-0.1, -0.05) is 29.3 Å². The molecule has 1 N–H and O–H groups in total. The Kier molecular flexibility index (Phi) is 3.69. The van der Waals surface area contributed by atoms with Crippen molar-refractivity contribution in [2.24, 2.45) is 0 Å². The van der Waals surface area contributed by atoms with Crippen LogP contribution in [0.4, 0.5) is 0 Å². The average molecular weight is 386 g/mol. The lowest BCUT2D eigenvalue weighted by molar-refractivity contribution is 0.101. The Labute approximate surface area is 138 Å². The van der Waals surface area contributed by atoms with Crippen LogP contribution in [-0.4, -0.2) is 10.9 Å².